The van der Waals surface area contributed by atoms with Gasteiger partial charge in [0.1, 0.15) is 11.5 Å². The van der Waals surface area contributed by atoms with Gasteiger partial charge in [-0.25, -0.2) is 14.8 Å². The molecule has 0 atom stereocenters. The second-order valence-electron chi connectivity index (χ2n) is 4.52. The van der Waals surface area contributed by atoms with Crippen molar-refractivity contribution in [3.8, 4) is 11.5 Å². The van der Waals surface area contributed by atoms with Crippen molar-refractivity contribution >= 4 is 33.9 Å². The van der Waals surface area contributed by atoms with E-state index in [1.54, 1.807) is 25.6 Å². The number of aromatic nitrogens is 1. The maximum atomic E-state index is 11.1. The Morgan fingerprint density at radius 1 is 1.50 bits per heavy atom. The zero-order valence-corrected chi connectivity index (χ0v) is 14.2. The molecule has 130 valence electrons. The van der Waals surface area contributed by atoms with Gasteiger partial charge in [0.15, 0.2) is 15.9 Å². The molecule has 1 amide bonds. The Kier molecular flexibility index (Phi) is 6.58. The normalized spacial score (nSPS) is 10.9. The molecular weight excluding hydrogens is 334 g/mol. The van der Waals surface area contributed by atoms with Crippen molar-refractivity contribution in [2.75, 3.05) is 33.1 Å². The molecule has 0 saturated heterocycles. The second kappa shape index (κ2) is 8.89. The van der Waals surface area contributed by atoms with Crippen LogP contribution in [0.25, 0.3) is 11.5 Å². The van der Waals surface area contributed by atoms with Crippen LogP contribution < -0.4 is 16.4 Å². The van der Waals surface area contributed by atoms with Gasteiger partial charge in [0.05, 0.1) is 26.6 Å². The van der Waals surface area contributed by atoms with E-state index in [-0.39, 0.29) is 6.54 Å². The highest BCUT2D eigenvalue weighted by molar-refractivity contribution is 7.19. The third kappa shape index (κ3) is 4.96. The van der Waals surface area contributed by atoms with E-state index in [0.717, 1.165) is 0 Å². The number of aliphatic imine (C=N–C) groups is 1. The van der Waals surface area contributed by atoms with Crippen LogP contribution in [-0.4, -0.2) is 44.8 Å². The monoisotopic (exact) mass is 353 g/mol. The fraction of sp³-hybridized carbons (Fsp3) is 0.357. The number of nitrogens with two attached hydrogens (primary N) is 1. The molecule has 2 heterocycles. The lowest BCUT2D eigenvalue weighted by Gasteiger charge is -2.00. The van der Waals surface area contributed by atoms with Crippen LogP contribution in [0.4, 0.5) is 14.9 Å². The number of thiazole rings is 1. The average molecular weight is 353 g/mol. The number of amides is 1. The van der Waals surface area contributed by atoms with Crippen molar-refractivity contribution in [1.82, 2.24) is 15.6 Å². The van der Waals surface area contributed by atoms with Gasteiger partial charge in [0, 0.05) is 13.7 Å². The van der Waals surface area contributed by atoms with E-state index in [0.29, 0.717) is 40.5 Å². The van der Waals surface area contributed by atoms with E-state index in [9.17, 15) is 4.79 Å². The average Bonchev–Trinajstić information content (AvgIpc) is 3.18. The number of ether oxygens (including phenoxy) is 2. The number of furan rings is 1. The van der Waals surface area contributed by atoms with E-state index in [2.05, 4.69) is 25.3 Å². The Balaban J connectivity index is 2.06. The minimum atomic E-state index is -0.529. The fourth-order valence-electron chi connectivity index (χ4n) is 1.74. The van der Waals surface area contributed by atoms with Crippen LogP contribution in [0.15, 0.2) is 21.5 Å². The second-order valence-corrected chi connectivity index (χ2v) is 5.53. The maximum absolute atomic E-state index is 11.1. The summed E-state index contributed by atoms with van der Waals surface area (Å²) in [4.78, 5) is 19.6. The molecule has 0 aliphatic carbocycles. The van der Waals surface area contributed by atoms with Crippen molar-refractivity contribution in [3.05, 3.63) is 17.9 Å². The number of rotatable bonds is 8. The van der Waals surface area contributed by atoms with E-state index in [1.165, 1.54) is 18.4 Å². The van der Waals surface area contributed by atoms with E-state index in [4.69, 9.17) is 14.9 Å². The number of methoxy groups -OCH3 is 2. The molecule has 4 N–H and O–H groups in total. The van der Waals surface area contributed by atoms with Gasteiger partial charge in [-0.3, -0.25) is 0 Å². The highest BCUT2D eigenvalue weighted by Gasteiger charge is 2.15. The summed E-state index contributed by atoms with van der Waals surface area (Å²) in [6.45, 7) is 1.44. The Morgan fingerprint density at radius 3 is 3.08 bits per heavy atom. The van der Waals surface area contributed by atoms with Crippen LogP contribution in [0.3, 0.4) is 0 Å². The molecule has 10 heteroatoms. The van der Waals surface area contributed by atoms with Crippen molar-refractivity contribution in [2.24, 2.45) is 4.99 Å². The number of alkyl carbamates (subject to hydrolysis) is 1. The molecule has 2 aromatic rings. The summed E-state index contributed by atoms with van der Waals surface area (Å²) in [5, 5.41) is 6.55. The van der Waals surface area contributed by atoms with Crippen LogP contribution in [0.1, 0.15) is 5.76 Å². The van der Waals surface area contributed by atoms with Gasteiger partial charge in [-0.15, -0.1) is 0 Å². The van der Waals surface area contributed by atoms with Crippen LogP contribution in [0, 0.1) is 0 Å². The summed E-state index contributed by atoms with van der Waals surface area (Å²) in [6, 6.07) is 3.49. The van der Waals surface area contributed by atoms with Gasteiger partial charge in [0.25, 0.3) is 0 Å². The summed E-state index contributed by atoms with van der Waals surface area (Å²) < 4.78 is 15.1. The Morgan fingerprint density at radius 2 is 2.33 bits per heavy atom. The molecule has 0 aliphatic rings. The molecule has 2 aromatic heterocycles. The van der Waals surface area contributed by atoms with Gasteiger partial charge in [0.2, 0.25) is 0 Å². The Bertz CT molecular complexity index is 697. The van der Waals surface area contributed by atoms with Crippen molar-refractivity contribution < 1.29 is 18.7 Å². The lowest BCUT2D eigenvalue weighted by molar-refractivity contribution is 0.169. The van der Waals surface area contributed by atoms with E-state index < -0.39 is 6.09 Å². The number of carbonyl (C=O) groups is 1. The zero-order chi connectivity index (χ0) is 17.4. The molecule has 9 nitrogen and oxygen atoms in total. The molecule has 0 unspecified atom stereocenters. The first-order valence-electron chi connectivity index (χ1n) is 7.06. The number of nitrogen functional groups attached to an aromatic ring is 1. The van der Waals surface area contributed by atoms with Crippen LogP contribution >= 0.6 is 11.3 Å². The smallest absolute Gasteiger partial charge is 0.407 e. The third-order valence-corrected chi connectivity index (χ3v) is 3.63. The summed E-state index contributed by atoms with van der Waals surface area (Å²) in [5.41, 5.74) is 6.32. The molecule has 0 saturated carbocycles. The van der Waals surface area contributed by atoms with Gasteiger partial charge in [-0.2, -0.15) is 0 Å². The Labute approximate surface area is 142 Å². The number of hydrogen-bond donors (Lipinski definition) is 3. The number of carbonyl (C=O) groups excluding carboxylic acids is 1. The minimum Gasteiger partial charge on any atom is -0.457 e. The lowest BCUT2D eigenvalue weighted by Crippen LogP contribution is -2.21. The maximum Gasteiger partial charge on any atom is 0.407 e. The topological polar surface area (TPSA) is 124 Å². The predicted octanol–water partition coefficient (Wildman–Crippen LogP) is 1.74. The van der Waals surface area contributed by atoms with Gasteiger partial charge in [-0.1, -0.05) is 11.3 Å². The number of nitrogens with one attached hydrogen (secondary N) is 2. The molecule has 0 spiro atoms. The van der Waals surface area contributed by atoms with Crippen molar-refractivity contribution in [1.29, 1.82) is 0 Å². The zero-order valence-electron chi connectivity index (χ0n) is 13.4. The van der Waals surface area contributed by atoms with Gasteiger partial charge < -0.3 is 30.3 Å². The van der Waals surface area contributed by atoms with Gasteiger partial charge >= 0.3 is 6.09 Å². The quantitative estimate of drug-likeness (QED) is 0.375. The molecule has 0 bridgehead atoms. The standard InChI is InChI=1S/C14H19N5O4S/c1-21-6-5-16-8-18-12-11(19-13(15)24-12)10-4-3-9(23-10)7-17-14(20)22-2/h3-4,8H,5-7H2,1-2H3,(H2,15,19)(H,16,18)(H,17,20). The third-order valence-electron chi connectivity index (χ3n) is 2.84. The predicted molar refractivity (Wildman–Crippen MR) is 91.5 cm³/mol. The summed E-state index contributed by atoms with van der Waals surface area (Å²) in [7, 11) is 2.93. The lowest BCUT2D eigenvalue weighted by atomic mass is 10.3. The molecular formula is C14H19N5O4S. The first-order chi connectivity index (χ1) is 11.6. The SMILES string of the molecule is COCCNC=Nc1sc(N)nc1-c1ccc(CNC(=O)OC)o1. The Hall–Kier alpha value is -2.59. The number of nitrogens with zero attached hydrogens (tertiary/aromatic N) is 2. The molecule has 0 aromatic carbocycles. The minimum absolute atomic E-state index is 0.212. The van der Waals surface area contributed by atoms with E-state index >= 15 is 0 Å². The molecule has 0 fully saturated rings. The highest BCUT2D eigenvalue weighted by Crippen LogP contribution is 2.37. The number of hydrogen-bond acceptors (Lipinski definition) is 8. The number of anilines is 1. The van der Waals surface area contributed by atoms with Crippen LogP contribution in [0.2, 0.25) is 0 Å². The van der Waals surface area contributed by atoms with E-state index in [1.807, 2.05) is 0 Å². The summed E-state index contributed by atoms with van der Waals surface area (Å²) in [5.74, 6) is 1.09. The van der Waals surface area contributed by atoms with Crippen LogP contribution in [0.5, 0.6) is 0 Å². The highest BCUT2D eigenvalue weighted by atomic mass is 32.1. The summed E-state index contributed by atoms with van der Waals surface area (Å²) in [6.07, 6.45) is 1.04. The molecule has 0 radical (unpaired) electrons. The first kappa shape index (κ1) is 17.8. The molecule has 24 heavy (non-hydrogen) atoms. The largest absolute Gasteiger partial charge is 0.457 e. The van der Waals surface area contributed by atoms with Crippen molar-refractivity contribution in [2.45, 2.75) is 6.54 Å². The first-order valence-corrected chi connectivity index (χ1v) is 7.87. The molecule has 0 aliphatic heterocycles. The fourth-order valence-corrected chi connectivity index (χ4v) is 2.42. The summed E-state index contributed by atoms with van der Waals surface area (Å²) >= 11 is 1.25. The molecule has 2 rings (SSSR count). The van der Waals surface area contributed by atoms with Gasteiger partial charge in [-0.05, 0) is 12.1 Å². The van der Waals surface area contributed by atoms with Crippen molar-refractivity contribution in [3.63, 3.8) is 0 Å². The van der Waals surface area contributed by atoms with Crippen LogP contribution in [-0.2, 0) is 16.0 Å².